The van der Waals surface area contributed by atoms with Gasteiger partial charge < -0.3 is 10.4 Å². The first-order chi connectivity index (χ1) is 9.27. The van der Waals surface area contributed by atoms with E-state index in [9.17, 15) is 18.0 Å². The summed E-state index contributed by atoms with van der Waals surface area (Å²) in [4.78, 5) is 21.9. The number of sulfone groups is 1. The van der Waals surface area contributed by atoms with E-state index in [4.69, 9.17) is 16.7 Å². The standard InChI is InChI=1S/C12H14ClNO5S/c1-2-14-11(15)5-6-20(18,19)8-3-4-9(12(16)17)10(13)7-8/h3-4,7H,2,5-6H2,1H3,(H,14,15)(H,16,17). The number of carboxylic acids is 1. The van der Waals surface area contributed by atoms with E-state index in [0.717, 1.165) is 12.1 Å². The number of hydrogen-bond acceptors (Lipinski definition) is 4. The van der Waals surface area contributed by atoms with Crippen LogP contribution in [0.25, 0.3) is 0 Å². The minimum atomic E-state index is -3.68. The van der Waals surface area contributed by atoms with Gasteiger partial charge in [-0.15, -0.1) is 0 Å². The van der Waals surface area contributed by atoms with Crippen molar-refractivity contribution in [3.05, 3.63) is 28.8 Å². The molecule has 0 unspecified atom stereocenters. The van der Waals surface area contributed by atoms with E-state index >= 15 is 0 Å². The highest BCUT2D eigenvalue weighted by Gasteiger charge is 2.19. The second kappa shape index (κ2) is 6.71. The second-order valence-corrected chi connectivity index (χ2v) is 6.49. The highest BCUT2D eigenvalue weighted by atomic mass is 35.5. The summed E-state index contributed by atoms with van der Waals surface area (Å²) in [5, 5.41) is 11.1. The van der Waals surface area contributed by atoms with Crippen LogP contribution in [0.15, 0.2) is 23.1 Å². The molecular formula is C12H14ClNO5S. The molecule has 20 heavy (non-hydrogen) atoms. The molecule has 0 aliphatic carbocycles. The van der Waals surface area contributed by atoms with Gasteiger partial charge in [0.15, 0.2) is 9.84 Å². The Morgan fingerprint density at radius 2 is 2.00 bits per heavy atom. The van der Waals surface area contributed by atoms with Crippen molar-refractivity contribution in [2.75, 3.05) is 12.3 Å². The summed E-state index contributed by atoms with van der Waals surface area (Å²) in [5.41, 5.74) is -0.172. The first-order valence-electron chi connectivity index (χ1n) is 5.80. The summed E-state index contributed by atoms with van der Waals surface area (Å²) in [7, 11) is -3.68. The molecule has 2 N–H and O–H groups in total. The van der Waals surface area contributed by atoms with Gasteiger partial charge in [-0.3, -0.25) is 4.79 Å². The van der Waals surface area contributed by atoms with Crippen molar-refractivity contribution in [3.8, 4) is 0 Å². The summed E-state index contributed by atoms with van der Waals surface area (Å²) < 4.78 is 24.0. The highest BCUT2D eigenvalue weighted by molar-refractivity contribution is 7.91. The lowest BCUT2D eigenvalue weighted by molar-refractivity contribution is -0.120. The molecule has 1 aromatic rings. The minimum Gasteiger partial charge on any atom is -0.478 e. The van der Waals surface area contributed by atoms with Crippen molar-refractivity contribution in [2.24, 2.45) is 0 Å². The van der Waals surface area contributed by atoms with Crippen molar-refractivity contribution >= 4 is 33.3 Å². The summed E-state index contributed by atoms with van der Waals surface area (Å²) >= 11 is 5.72. The topological polar surface area (TPSA) is 101 Å². The number of amides is 1. The molecule has 0 aliphatic heterocycles. The Labute approximate surface area is 121 Å². The number of halogens is 1. The molecular weight excluding hydrogens is 306 g/mol. The van der Waals surface area contributed by atoms with Gasteiger partial charge in [0.05, 0.1) is 21.2 Å². The normalized spacial score (nSPS) is 11.1. The molecule has 0 saturated carbocycles. The summed E-state index contributed by atoms with van der Waals surface area (Å²) in [6.07, 6.45) is -0.158. The molecule has 1 aromatic carbocycles. The second-order valence-electron chi connectivity index (χ2n) is 3.97. The van der Waals surface area contributed by atoms with E-state index in [1.807, 2.05) is 0 Å². The summed E-state index contributed by atoms with van der Waals surface area (Å²) in [6, 6.07) is 3.38. The Morgan fingerprint density at radius 1 is 1.35 bits per heavy atom. The zero-order valence-corrected chi connectivity index (χ0v) is 12.3. The van der Waals surface area contributed by atoms with E-state index in [0.29, 0.717) is 6.54 Å². The maximum Gasteiger partial charge on any atom is 0.337 e. The molecule has 110 valence electrons. The van der Waals surface area contributed by atoms with Crippen LogP contribution in [0.4, 0.5) is 0 Å². The molecule has 0 atom stereocenters. The zero-order chi connectivity index (χ0) is 15.3. The largest absolute Gasteiger partial charge is 0.478 e. The van der Waals surface area contributed by atoms with E-state index in [1.54, 1.807) is 6.92 Å². The third-order valence-electron chi connectivity index (χ3n) is 2.50. The first-order valence-corrected chi connectivity index (χ1v) is 7.83. The van der Waals surface area contributed by atoms with Gasteiger partial charge in [0.2, 0.25) is 5.91 Å². The van der Waals surface area contributed by atoms with E-state index in [2.05, 4.69) is 5.32 Å². The Morgan fingerprint density at radius 3 is 2.50 bits per heavy atom. The third kappa shape index (κ3) is 4.21. The summed E-state index contributed by atoms with van der Waals surface area (Å²) in [5.74, 6) is -1.95. The van der Waals surface area contributed by atoms with E-state index in [-0.39, 0.29) is 33.6 Å². The summed E-state index contributed by atoms with van der Waals surface area (Å²) in [6.45, 7) is 2.16. The lowest BCUT2D eigenvalue weighted by Crippen LogP contribution is -2.25. The number of nitrogens with one attached hydrogen (secondary N) is 1. The number of benzene rings is 1. The van der Waals surface area contributed by atoms with Crippen LogP contribution in [-0.2, 0) is 14.6 Å². The Kier molecular flexibility index (Phi) is 5.52. The van der Waals surface area contributed by atoms with Gasteiger partial charge in [0.1, 0.15) is 0 Å². The van der Waals surface area contributed by atoms with Gasteiger partial charge in [0, 0.05) is 13.0 Å². The lowest BCUT2D eigenvalue weighted by Gasteiger charge is -2.06. The van der Waals surface area contributed by atoms with Crippen LogP contribution in [0, 0.1) is 0 Å². The molecule has 0 radical (unpaired) electrons. The average Bonchev–Trinajstić information content (AvgIpc) is 2.36. The predicted molar refractivity (Wildman–Crippen MR) is 73.8 cm³/mol. The number of aromatic carboxylic acids is 1. The fourth-order valence-electron chi connectivity index (χ4n) is 1.49. The van der Waals surface area contributed by atoms with Crippen LogP contribution in [0.1, 0.15) is 23.7 Å². The smallest absolute Gasteiger partial charge is 0.337 e. The molecule has 0 spiro atoms. The highest BCUT2D eigenvalue weighted by Crippen LogP contribution is 2.22. The fourth-order valence-corrected chi connectivity index (χ4v) is 3.08. The van der Waals surface area contributed by atoms with Crippen LogP contribution >= 0.6 is 11.6 Å². The Hall–Kier alpha value is -1.60. The number of carboxylic acid groups (broad SMARTS) is 1. The Balaban J connectivity index is 2.91. The van der Waals surface area contributed by atoms with E-state index in [1.165, 1.54) is 6.07 Å². The lowest BCUT2D eigenvalue weighted by atomic mass is 10.2. The van der Waals surface area contributed by atoms with Crippen molar-refractivity contribution in [2.45, 2.75) is 18.2 Å². The molecule has 8 heteroatoms. The molecule has 0 heterocycles. The molecule has 0 aliphatic rings. The number of rotatable bonds is 6. The third-order valence-corrected chi connectivity index (χ3v) is 4.53. The monoisotopic (exact) mass is 319 g/mol. The molecule has 0 aromatic heterocycles. The van der Waals surface area contributed by atoms with Crippen molar-refractivity contribution in [3.63, 3.8) is 0 Å². The van der Waals surface area contributed by atoms with Crippen LogP contribution in [0.5, 0.6) is 0 Å². The zero-order valence-electron chi connectivity index (χ0n) is 10.7. The van der Waals surface area contributed by atoms with Gasteiger partial charge in [-0.05, 0) is 25.1 Å². The maximum absolute atomic E-state index is 12.0. The van der Waals surface area contributed by atoms with Crippen molar-refractivity contribution < 1.29 is 23.1 Å². The van der Waals surface area contributed by atoms with Gasteiger partial charge in [-0.25, -0.2) is 13.2 Å². The quantitative estimate of drug-likeness (QED) is 0.824. The number of carbonyl (C=O) groups is 2. The SMILES string of the molecule is CCNC(=O)CCS(=O)(=O)c1ccc(C(=O)O)c(Cl)c1. The molecule has 0 saturated heterocycles. The van der Waals surface area contributed by atoms with Crippen LogP contribution in [-0.4, -0.2) is 37.7 Å². The van der Waals surface area contributed by atoms with Crippen LogP contribution in [0.2, 0.25) is 5.02 Å². The predicted octanol–water partition coefficient (Wildman–Crippen LogP) is 1.34. The average molecular weight is 320 g/mol. The first kappa shape index (κ1) is 16.5. The maximum atomic E-state index is 12.0. The van der Waals surface area contributed by atoms with E-state index < -0.39 is 15.8 Å². The number of hydrogen-bond donors (Lipinski definition) is 2. The molecule has 0 bridgehead atoms. The van der Waals surface area contributed by atoms with Gasteiger partial charge >= 0.3 is 5.97 Å². The van der Waals surface area contributed by atoms with Crippen LogP contribution < -0.4 is 5.32 Å². The molecule has 1 amide bonds. The van der Waals surface area contributed by atoms with Gasteiger partial charge in [-0.2, -0.15) is 0 Å². The molecule has 6 nitrogen and oxygen atoms in total. The molecule has 1 rings (SSSR count). The fraction of sp³-hybridized carbons (Fsp3) is 0.333. The number of carbonyl (C=O) groups excluding carboxylic acids is 1. The Bertz CT molecular complexity index is 627. The van der Waals surface area contributed by atoms with Gasteiger partial charge in [0.25, 0.3) is 0 Å². The molecule has 0 fully saturated rings. The van der Waals surface area contributed by atoms with Gasteiger partial charge in [-0.1, -0.05) is 11.6 Å². The minimum absolute atomic E-state index is 0.100. The van der Waals surface area contributed by atoms with Crippen molar-refractivity contribution in [1.29, 1.82) is 0 Å². The van der Waals surface area contributed by atoms with Crippen molar-refractivity contribution in [1.82, 2.24) is 5.32 Å². The van der Waals surface area contributed by atoms with Crippen LogP contribution in [0.3, 0.4) is 0 Å².